The van der Waals surface area contributed by atoms with Crippen LogP contribution in [0, 0.1) is 38.6 Å². The first-order valence-electron chi connectivity index (χ1n) is 22.8. The molecule has 0 N–H and O–H groups in total. The zero-order chi connectivity index (χ0) is 46.7. The number of aromatic nitrogens is 4. The first-order chi connectivity index (χ1) is 31.4. The van der Waals surface area contributed by atoms with Crippen LogP contribution in [0.3, 0.4) is 0 Å². The Kier molecular flexibility index (Phi) is 11.0. The summed E-state index contributed by atoms with van der Waals surface area (Å²) in [5.74, 6) is 6.01. The van der Waals surface area contributed by atoms with Crippen LogP contribution in [0.15, 0.2) is 138 Å². The van der Waals surface area contributed by atoms with Crippen molar-refractivity contribution in [1.29, 1.82) is 0 Å². The Labute approximate surface area is 390 Å². The molecule has 0 saturated heterocycles. The van der Waals surface area contributed by atoms with E-state index in [4.69, 9.17) is 19.9 Å². The molecule has 6 aromatic carbocycles. The van der Waals surface area contributed by atoms with Gasteiger partial charge in [-0.05, 0) is 54.1 Å². The number of nitrogens with zero attached hydrogens (tertiary/aromatic N) is 4. The van der Waals surface area contributed by atoms with Crippen LogP contribution in [0.2, 0.25) is 17.3 Å². The minimum atomic E-state index is -2.37. The summed E-state index contributed by atoms with van der Waals surface area (Å²) in [6, 6.07) is 48.1. The molecule has 8 heteroatoms. The number of rotatable bonds is 7. The molecular formula is C55H49FGeIrN4O-2. The second-order valence-corrected chi connectivity index (χ2v) is 27.7. The molecule has 10 rings (SSSR count). The zero-order valence-corrected chi connectivity index (χ0v) is 40.8. The minimum absolute atomic E-state index is 0. The summed E-state index contributed by atoms with van der Waals surface area (Å²) in [5.41, 5.74) is 11.2. The Bertz CT molecular complexity index is 3440. The largest absolute Gasteiger partial charge is 0 e. The van der Waals surface area contributed by atoms with E-state index in [0.717, 1.165) is 66.1 Å². The molecule has 0 aliphatic rings. The van der Waals surface area contributed by atoms with Crippen molar-refractivity contribution in [1.82, 2.24) is 19.5 Å². The van der Waals surface area contributed by atoms with E-state index < -0.39 is 31.8 Å². The van der Waals surface area contributed by atoms with E-state index in [-0.39, 0.29) is 31.2 Å². The second-order valence-electron chi connectivity index (χ2n) is 17.2. The van der Waals surface area contributed by atoms with Gasteiger partial charge in [-0.25, -0.2) is 4.98 Å². The van der Waals surface area contributed by atoms with E-state index in [1.807, 2.05) is 6.07 Å². The van der Waals surface area contributed by atoms with Crippen molar-refractivity contribution < 1.29 is 34.4 Å². The fourth-order valence-corrected chi connectivity index (χ4v) is 11.7. The van der Waals surface area contributed by atoms with Crippen LogP contribution in [-0.2, 0) is 26.7 Å². The van der Waals surface area contributed by atoms with Gasteiger partial charge < -0.3 is 8.98 Å². The van der Waals surface area contributed by atoms with Gasteiger partial charge >= 0.3 is 135 Å². The van der Waals surface area contributed by atoms with Gasteiger partial charge in [-0.1, -0.05) is 89.8 Å². The van der Waals surface area contributed by atoms with Gasteiger partial charge in [0.15, 0.2) is 0 Å². The number of furan rings is 1. The van der Waals surface area contributed by atoms with Gasteiger partial charge in [0.2, 0.25) is 5.71 Å². The summed E-state index contributed by atoms with van der Waals surface area (Å²) in [6.45, 7) is 6.17. The Morgan fingerprint density at radius 2 is 1.56 bits per heavy atom. The number of benzene rings is 6. The smallest absolute Gasteiger partial charge is 0 e. The van der Waals surface area contributed by atoms with Gasteiger partial charge in [-0.2, -0.15) is 0 Å². The van der Waals surface area contributed by atoms with Gasteiger partial charge in [0.25, 0.3) is 0 Å². The van der Waals surface area contributed by atoms with E-state index in [9.17, 15) is 4.39 Å². The fourth-order valence-electron chi connectivity index (χ4n) is 8.42. The first-order valence-corrected chi connectivity index (χ1v) is 28.2. The number of pyridine rings is 2. The summed E-state index contributed by atoms with van der Waals surface area (Å²) in [7, 11) is 0. The van der Waals surface area contributed by atoms with Crippen LogP contribution >= 0.6 is 0 Å². The summed E-state index contributed by atoms with van der Waals surface area (Å²) < 4.78 is 55.0. The van der Waals surface area contributed by atoms with Crippen molar-refractivity contribution in [2.75, 3.05) is 0 Å². The van der Waals surface area contributed by atoms with Gasteiger partial charge in [0.1, 0.15) is 0 Å². The molecule has 0 amide bonds. The molecule has 4 aromatic heterocycles. The minimum Gasteiger partial charge on any atom is 0 e. The van der Waals surface area contributed by atoms with Crippen molar-refractivity contribution in [3.05, 3.63) is 179 Å². The van der Waals surface area contributed by atoms with Crippen LogP contribution in [0.25, 0.3) is 77.8 Å². The Morgan fingerprint density at radius 1 is 0.794 bits per heavy atom. The molecule has 0 bridgehead atoms. The van der Waals surface area contributed by atoms with Crippen molar-refractivity contribution >= 4 is 61.5 Å². The van der Waals surface area contributed by atoms with Crippen LogP contribution in [0.4, 0.5) is 4.39 Å². The number of imidazole rings is 1. The molecule has 0 aliphatic carbocycles. The van der Waals surface area contributed by atoms with E-state index in [1.165, 1.54) is 33.5 Å². The molecule has 0 fully saturated rings. The van der Waals surface area contributed by atoms with Crippen LogP contribution in [-0.4, -0.2) is 32.8 Å². The Morgan fingerprint density at radius 3 is 2.29 bits per heavy atom. The summed E-state index contributed by atoms with van der Waals surface area (Å²) >= 11 is -2.25. The SMILES string of the molecule is Cc1cccc(C)c1-c1ccc2c(n1)oc1c(-c3nc4ccc5ccccc5c4n3Cc3ccccc3)[c-]ccc12.[2H]C([2H])([2H])c1c[c-]c(-c2cc(C([2H])(C)C)[c]([Ge]([CH3])([CH3])[CH3])cn2)c(F)c1.[Ir]. The van der Waals surface area contributed by atoms with Gasteiger partial charge in [-0.15, -0.1) is 18.2 Å². The predicted molar refractivity (Wildman–Crippen MR) is 257 cm³/mol. The van der Waals surface area contributed by atoms with E-state index in [2.05, 4.69) is 156 Å². The standard InChI is InChI=1S/C37H26N3O.C18H23FGeN.Ir/c1-23-10-8-11-24(2)33(23)31-21-19-29-28-16-9-17-30(35(28)41-37(29)39-31)36-38-32-20-18-26-14-6-7-15-27(26)34(32)40(36)22-25-12-4-3-5-13-25;1-12(2)15-10-18(21-11-17(15)20(4,5)6)14-8-7-13(3)9-16(14)19;/h3-16,18-21H,22H2,1-2H3;7,9-12H,1-6H3;/q2*-1;/i;3D3,12D;. The van der Waals surface area contributed by atoms with Crippen LogP contribution in [0.5, 0.6) is 0 Å². The topological polar surface area (TPSA) is 56.7 Å². The number of hydrogen-bond acceptors (Lipinski definition) is 4. The van der Waals surface area contributed by atoms with Crippen molar-refractivity contribution in [3.8, 4) is 33.9 Å². The Balaban J connectivity index is 0.000000203. The second kappa shape index (κ2) is 17.8. The molecule has 1 radical (unpaired) electrons. The third-order valence-corrected chi connectivity index (χ3v) is 15.7. The van der Waals surface area contributed by atoms with Gasteiger partial charge in [0, 0.05) is 43.0 Å². The quantitative estimate of drug-likeness (QED) is 0.118. The molecule has 0 atom stereocenters. The number of fused-ring (bicyclic) bond motifs is 6. The summed E-state index contributed by atoms with van der Waals surface area (Å²) in [4.78, 5) is 14.6. The van der Waals surface area contributed by atoms with E-state index >= 15 is 0 Å². The predicted octanol–water partition coefficient (Wildman–Crippen LogP) is 13.9. The van der Waals surface area contributed by atoms with Crippen molar-refractivity contribution in [3.63, 3.8) is 0 Å². The zero-order valence-electron chi connectivity index (χ0n) is 40.3. The van der Waals surface area contributed by atoms with Crippen LogP contribution in [0.1, 0.15) is 53.0 Å². The van der Waals surface area contributed by atoms with Crippen LogP contribution < -0.4 is 4.40 Å². The molecule has 317 valence electrons. The number of hydrogen-bond donors (Lipinski definition) is 0. The van der Waals surface area contributed by atoms with E-state index in [1.54, 1.807) is 26.1 Å². The molecule has 5 nitrogen and oxygen atoms in total. The average molecular weight is 1070 g/mol. The number of aryl methyl sites for hydroxylation is 3. The van der Waals surface area contributed by atoms with Crippen molar-refractivity contribution in [2.24, 2.45) is 0 Å². The molecule has 0 spiro atoms. The Hall–Kier alpha value is -5.73. The maximum Gasteiger partial charge on any atom is 0 e. The molecule has 0 saturated carbocycles. The summed E-state index contributed by atoms with van der Waals surface area (Å²) in [6.07, 6.45) is 1.76. The molecule has 0 unspecified atom stereocenters. The molecule has 63 heavy (non-hydrogen) atoms. The molecular weight excluding hydrogens is 1020 g/mol. The van der Waals surface area contributed by atoms with Crippen molar-refractivity contribution in [2.45, 2.75) is 64.3 Å². The maximum absolute atomic E-state index is 14.5. The normalized spacial score (nSPS) is 13.0. The third kappa shape index (κ3) is 8.55. The molecule has 0 aliphatic heterocycles. The van der Waals surface area contributed by atoms with E-state index in [0.29, 0.717) is 18.0 Å². The fraction of sp³-hybridized carbons (Fsp3) is 0.182. The molecule has 10 aromatic rings. The monoisotopic (exact) mass is 1070 g/mol. The van der Waals surface area contributed by atoms with Gasteiger partial charge in [0.05, 0.1) is 28.1 Å². The number of halogens is 1. The first kappa shape index (κ1) is 38.9. The third-order valence-electron chi connectivity index (χ3n) is 11.5. The average Bonchev–Trinajstić information content (AvgIpc) is 3.84. The van der Waals surface area contributed by atoms with Gasteiger partial charge in [-0.3, -0.25) is 4.98 Å². The maximum atomic E-state index is 14.5. The summed E-state index contributed by atoms with van der Waals surface area (Å²) in [5, 5.41) is 4.37. The molecule has 4 heterocycles.